The monoisotopic (exact) mass is 282 g/mol. The van der Waals surface area contributed by atoms with E-state index in [0.29, 0.717) is 0 Å². The Morgan fingerprint density at radius 3 is 2.30 bits per heavy atom. The number of piperazine rings is 1. The Morgan fingerprint density at radius 1 is 1.15 bits per heavy atom. The van der Waals surface area contributed by atoms with Gasteiger partial charge in [-0.05, 0) is 46.1 Å². The molecule has 1 saturated carbocycles. The van der Waals surface area contributed by atoms with Gasteiger partial charge in [0.1, 0.15) is 0 Å². The van der Waals surface area contributed by atoms with Crippen molar-refractivity contribution in [2.24, 2.45) is 5.41 Å². The molecule has 2 fully saturated rings. The van der Waals surface area contributed by atoms with Gasteiger partial charge in [-0.25, -0.2) is 0 Å². The third-order valence-electron chi connectivity index (χ3n) is 5.10. The van der Waals surface area contributed by atoms with E-state index in [4.69, 9.17) is 5.11 Å². The maximum absolute atomic E-state index is 11.1. The second-order valence-electron chi connectivity index (χ2n) is 7.11. The van der Waals surface area contributed by atoms with Crippen molar-refractivity contribution in [1.82, 2.24) is 9.80 Å². The number of carboxylic acids is 1. The first kappa shape index (κ1) is 15.8. The van der Waals surface area contributed by atoms with Crippen molar-refractivity contribution in [2.75, 3.05) is 32.7 Å². The first-order chi connectivity index (χ1) is 9.49. The van der Waals surface area contributed by atoms with E-state index in [0.717, 1.165) is 38.5 Å². The molecule has 0 unspecified atom stereocenters. The highest BCUT2D eigenvalue weighted by atomic mass is 16.4. The quantitative estimate of drug-likeness (QED) is 0.812. The molecule has 4 nitrogen and oxygen atoms in total. The second kappa shape index (κ2) is 6.90. The summed E-state index contributed by atoms with van der Waals surface area (Å²) in [6.45, 7) is 9.42. The SMILES string of the molecule is CC(C)(CCCN1CCN(C2CCCC2)CC1)C(=O)O. The fraction of sp³-hybridized carbons (Fsp3) is 0.938. The lowest BCUT2D eigenvalue weighted by Gasteiger charge is -2.38. The number of rotatable bonds is 6. The molecule has 20 heavy (non-hydrogen) atoms. The molecule has 1 N–H and O–H groups in total. The summed E-state index contributed by atoms with van der Waals surface area (Å²) in [5.74, 6) is -0.677. The average molecular weight is 282 g/mol. The van der Waals surface area contributed by atoms with Gasteiger partial charge in [0.15, 0.2) is 0 Å². The highest BCUT2D eigenvalue weighted by Gasteiger charge is 2.28. The summed E-state index contributed by atoms with van der Waals surface area (Å²) < 4.78 is 0. The minimum atomic E-state index is -0.677. The fourth-order valence-corrected chi connectivity index (χ4v) is 3.47. The van der Waals surface area contributed by atoms with Crippen molar-refractivity contribution in [1.29, 1.82) is 0 Å². The molecule has 0 aromatic rings. The van der Waals surface area contributed by atoms with Crippen molar-refractivity contribution in [2.45, 2.75) is 58.4 Å². The molecule has 0 atom stereocenters. The van der Waals surface area contributed by atoms with Crippen LogP contribution in [0.1, 0.15) is 52.4 Å². The molecule has 0 aromatic heterocycles. The molecule has 1 aliphatic heterocycles. The Bertz CT molecular complexity index is 316. The first-order valence-electron chi connectivity index (χ1n) is 8.19. The molecule has 2 aliphatic rings. The van der Waals surface area contributed by atoms with Gasteiger partial charge in [-0.3, -0.25) is 9.69 Å². The van der Waals surface area contributed by atoms with Crippen molar-refractivity contribution in [3.63, 3.8) is 0 Å². The summed E-state index contributed by atoms with van der Waals surface area (Å²) in [4.78, 5) is 16.2. The van der Waals surface area contributed by atoms with E-state index >= 15 is 0 Å². The zero-order valence-electron chi connectivity index (χ0n) is 13.1. The van der Waals surface area contributed by atoms with Gasteiger partial charge in [0.05, 0.1) is 5.41 Å². The largest absolute Gasteiger partial charge is 0.481 e. The van der Waals surface area contributed by atoms with Crippen LogP contribution in [-0.4, -0.2) is 59.6 Å². The van der Waals surface area contributed by atoms with Crippen LogP contribution in [0.5, 0.6) is 0 Å². The number of carbonyl (C=O) groups is 1. The van der Waals surface area contributed by atoms with Gasteiger partial charge in [0.25, 0.3) is 0 Å². The number of carboxylic acid groups (broad SMARTS) is 1. The molecule has 1 heterocycles. The molecular weight excluding hydrogens is 252 g/mol. The van der Waals surface area contributed by atoms with E-state index in [2.05, 4.69) is 9.80 Å². The third kappa shape index (κ3) is 4.19. The summed E-state index contributed by atoms with van der Waals surface area (Å²) in [5.41, 5.74) is -0.578. The van der Waals surface area contributed by atoms with E-state index in [1.807, 2.05) is 13.8 Å². The summed E-state index contributed by atoms with van der Waals surface area (Å²) >= 11 is 0. The highest BCUT2D eigenvalue weighted by molar-refractivity contribution is 5.73. The molecule has 1 aliphatic carbocycles. The van der Waals surface area contributed by atoms with Crippen molar-refractivity contribution >= 4 is 5.97 Å². The molecule has 0 spiro atoms. The summed E-state index contributed by atoms with van der Waals surface area (Å²) in [5, 5.41) is 9.11. The molecule has 2 rings (SSSR count). The van der Waals surface area contributed by atoms with Gasteiger partial charge >= 0.3 is 5.97 Å². The summed E-state index contributed by atoms with van der Waals surface area (Å²) in [7, 11) is 0. The van der Waals surface area contributed by atoms with Crippen molar-refractivity contribution in [3.05, 3.63) is 0 Å². The van der Waals surface area contributed by atoms with Crippen LogP contribution >= 0.6 is 0 Å². The molecular formula is C16H30N2O2. The minimum absolute atomic E-state index is 0.578. The van der Waals surface area contributed by atoms with E-state index in [1.165, 1.54) is 38.8 Å². The third-order valence-corrected chi connectivity index (χ3v) is 5.10. The maximum atomic E-state index is 11.1. The van der Waals surface area contributed by atoms with Crippen LogP contribution in [0.3, 0.4) is 0 Å². The van der Waals surface area contributed by atoms with Gasteiger partial charge in [-0.1, -0.05) is 12.8 Å². The van der Waals surface area contributed by atoms with E-state index in [1.54, 1.807) is 0 Å². The van der Waals surface area contributed by atoms with Crippen LogP contribution < -0.4 is 0 Å². The van der Waals surface area contributed by atoms with Crippen molar-refractivity contribution < 1.29 is 9.90 Å². The van der Waals surface area contributed by atoms with Gasteiger partial charge < -0.3 is 10.0 Å². The minimum Gasteiger partial charge on any atom is -0.481 e. The molecule has 0 aromatic carbocycles. The Labute approximate surface area is 123 Å². The highest BCUT2D eigenvalue weighted by Crippen LogP contribution is 2.25. The van der Waals surface area contributed by atoms with E-state index in [9.17, 15) is 4.79 Å². The van der Waals surface area contributed by atoms with Gasteiger partial charge in [-0.2, -0.15) is 0 Å². The van der Waals surface area contributed by atoms with Crippen LogP contribution in [-0.2, 0) is 4.79 Å². The van der Waals surface area contributed by atoms with Crippen LogP contribution in [0.4, 0.5) is 0 Å². The molecule has 4 heteroatoms. The lowest BCUT2D eigenvalue weighted by molar-refractivity contribution is -0.147. The Hall–Kier alpha value is -0.610. The zero-order valence-corrected chi connectivity index (χ0v) is 13.1. The predicted octanol–water partition coefficient (Wildman–Crippen LogP) is 2.44. The van der Waals surface area contributed by atoms with Crippen LogP contribution in [0.2, 0.25) is 0 Å². The van der Waals surface area contributed by atoms with Crippen LogP contribution in [0.15, 0.2) is 0 Å². The number of hydrogen-bond acceptors (Lipinski definition) is 3. The standard InChI is InChI=1S/C16H30N2O2/c1-16(2,15(19)20)8-5-9-17-10-12-18(13-11-17)14-6-3-4-7-14/h14H,3-13H2,1-2H3,(H,19,20). The molecule has 0 radical (unpaired) electrons. The summed E-state index contributed by atoms with van der Waals surface area (Å²) in [6, 6.07) is 0.850. The lowest BCUT2D eigenvalue weighted by atomic mass is 9.88. The summed E-state index contributed by atoms with van der Waals surface area (Å²) in [6.07, 6.45) is 7.37. The molecule has 0 amide bonds. The van der Waals surface area contributed by atoms with Crippen molar-refractivity contribution in [3.8, 4) is 0 Å². The van der Waals surface area contributed by atoms with Gasteiger partial charge in [0.2, 0.25) is 0 Å². The molecule has 116 valence electrons. The van der Waals surface area contributed by atoms with Crippen LogP contribution in [0, 0.1) is 5.41 Å². The normalized spacial score (nSPS) is 23.3. The van der Waals surface area contributed by atoms with Gasteiger partial charge in [0, 0.05) is 32.2 Å². The predicted molar refractivity (Wildman–Crippen MR) is 80.9 cm³/mol. The number of nitrogens with zero attached hydrogens (tertiary/aromatic N) is 2. The number of aliphatic carboxylic acids is 1. The lowest BCUT2D eigenvalue weighted by Crippen LogP contribution is -2.49. The Kier molecular flexibility index (Phi) is 5.44. The van der Waals surface area contributed by atoms with Crippen LogP contribution in [0.25, 0.3) is 0 Å². The fourth-order valence-electron chi connectivity index (χ4n) is 3.47. The maximum Gasteiger partial charge on any atom is 0.309 e. The first-order valence-corrected chi connectivity index (χ1v) is 8.19. The Morgan fingerprint density at radius 2 is 1.75 bits per heavy atom. The second-order valence-corrected chi connectivity index (χ2v) is 7.11. The van der Waals surface area contributed by atoms with Gasteiger partial charge in [-0.15, -0.1) is 0 Å². The molecule has 1 saturated heterocycles. The Balaban J connectivity index is 1.63. The van der Waals surface area contributed by atoms with E-state index < -0.39 is 11.4 Å². The van der Waals surface area contributed by atoms with E-state index in [-0.39, 0.29) is 0 Å². The molecule has 0 bridgehead atoms. The smallest absolute Gasteiger partial charge is 0.309 e. The zero-order chi connectivity index (χ0) is 14.6. The average Bonchev–Trinajstić information content (AvgIpc) is 2.93. The topological polar surface area (TPSA) is 43.8 Å². The number of hydrogen-bond donors (Lipinski definition) is 1.